The van der Waals surface area contributed by atoms with E-state index in [9.17, 15) is 0 Å². The zero-order valence-electron chi connectivity index (χ0n) is 39.1. The fourth-order valence-electron chi connectivity index (χ4n) is 12.5. The second kappa shape index (κ2) is 15.4. The minimum Gasteiger partial charge on any atom is -0.316 e. The molecule has 0 atom stereocenters. The van der Waals surface area contributed by atoms with E-state index in [-0.39, 0.29) is 5.41 Å². The molecule has 0 radical (unpaired) electrons. The van der Waals surface area contributed by atoms with Gasteiger partial charge in [0.25, 0.3) is 0 Å². The van der Waals surface area contributed by atoms with Crippen molar-refractivity contribution in [3.05, 3.63) is 288 Å². The van der Waals surface area contributed by atoms with E-state index in [1.165, 1.54) is 105 Å². The Kier molecular flexibility index (Phi) is 8.88. The molecule has 12 aromatic rings. The predicted molar refractivity (Wildman–Crippen MR) is 293 cm³/mol. The van der Waals surface area contributed by atoms with Crippen molar-refractivity contribution in [3.63, 3.8) is 0 Å². The van der Waals surface area contributed by atoms with Gasteiger partial charge >= 0.3 is 0 Å². The van der Waals surface area contributed by atoms with E-state index in [0.29, 0.717) is 0 Å². The van der Waals surface area contributed by atoms with E-state index in [0.717, 1.165) is 17.1 Å². The molecular formula is C68H48N2. The van der Waals surface area contributed by atoms with Crippen molar-refractivity contribution in [1.82, 2.24) is 4.57 Å². The molecule has 2 heteroatoms. The Morgan fingerprint density at radius 1 is 0.329 bits per heavy atom. The molecule has 2 aliphatic carbocycles. The van der Waals surface area contributed by atoms with Gasteiger partial charge in [-0.2, -0.15) is 0 Å². The van der Waals surface area contributed by atoms with Crippen LogP contribution < -0.4 is 4.90 Å². The number of hydrogen-bond donors (Lipinski definition) is 0. The summed E-state index contributed by atoms with van der Waals surface area (Å²) in [6.07, 6.45) is 2.26. The van der Waals surface area contributed by atoms with Gasteiger partial charge in [0.1, 0.15) is 0 Å². The molecule has 1 heterocycles. The molecule has 0 unspecified atom stereocenters. The number of benzene rings is 11. The minimum absolute atomic E-state index is 0.271. The van der Waals surface area contributed by atoms with Crippen LogP contribution in [0, 0.1) is 0 Å². The summed E-state index contributed by atoms with van der Waals surface area (Å²) in [6.45, 7) is 4.81. The van der Waals surface area contributed by atoms with Gasteiger partial charge in [0.05, 0.1) is 10.9 Å². The van der Waals surface area contributed by atoms with E-state index in [1.54, 1.807) is 0 Å². The number of aromatic nitrogens is 1. The van der Waals surface area contributed by atoms with Crippen LogP contribution in [0.25, 0.3) is 71.5 Å². The smallest absolute Gasteiger partial charge is 0.0714 e. The first-order valence-corrected chi connectivity index (χ1v) is 24.5. The van der Waals surface area contributed by atoms with Gasteiger partial charge in [0, 0.05) is 45.1 Å². The summed E-state index contributed by atoms with van der Waals surface area (Å²) in [7, 11) is 0. The summed E-state index contributed by atoms with van der Waals surface area (Å²) in [4.78, 5) is 2.48. The average molecular weight is 893 g/mol. The van der Waals surface area contributed by atoms with Crippen molar-refractivity contribution in [2.24, 2.45) is 0 Å². The van der Waals surface area contributed by atoms with Crippen molar-refractivity contribution < 1.29 is 0 Å². The van der Waals surface area contributed by atoms with Crippen LogP contribution in [0.3, 0.4) is 0 Å². The number of rotatable bonds is 7. The lowest BCUT2D eigenvalue weighted by Gasteiger charge is -2.35. The number of nitrogens with zero attached hydrogens (tertiary/aromatic N) is 2. The van der Waals surface area contributed by atoms with E-state index < -0.39 is 5.41 Å². The minimum atomic E-state index is -0.517. The van der Waals surface area contributed by atoms with Gasteiger partial charge in [-0.1, -0.05) is 208 Å². The van der Waals surface area contributed by atoms with Crippen LogP contribution in [0.1, 0.15) is 47.2 Å². The van der Waals surface area contributed by atoms with Gasteiger partial charge in [-0.05, 0) is 138 Å². The maximum absolute atomic E-state index is 2.48. The Morgan fingerprint density at radius 2 is 0.771 bits per heavy atom. The molecule has 0 N–H and O–H groups in total. The fraction of sp³-hybridized carbons (Fsp3) is 0.0588. The molecule has 330 valence electrons. The van der Waals surface area contributed by atoms with E-state index in [1.807, 2.05) is 0 Å². The Bertz CT molecular complexity index is 3970. The summed E-state index contributed by atoms with van der Waals surface area (Å²) in [5.41, 5.74) is 20.3. The predicted octanol–water partition coefficient (Wildman–Crippen LogP) is 17.7. The first-order chi connectivity index (χ1) is 34.5. The summed E-state index contributed by atoms with van der Waals surface area (Å²) in [5.74, 6) is 0. The highest BCUT2D eigenvalue weighted by atomic mass is 15.1. The van der Waals surface area contributed by atoms with Gasteiger partial charge in [0.2, 0.25) is 0 Å². The van der Waals surface area contributed by atoms with Crippen molar-refractivity contribution in [2.75, 3.05) is 4.90 Å². The zero-order chi connectivity index (χ0) is 46.6. The lowest BCUT2D eigenvalue weighted by atomic mass is 9.67. The van der Waals surface area contributed by atoms with Gasteiger partial charge in [-0.3, -0.25) is 0 Å². The molecule has 2 nitrogen and oxygen atoms in total. The molecule has 0 amide bonds. The first kappa shape index (κ1) is 40.4. The highest BCUT2D eigenvalue weighted by molar-refractivity contribution is 6.24. The quantitative estimate of drug-likeness (QED) is 0.145. The molecule has 11 aromatic carbocycles. The number of anilines is 3. The van der Waals surface area contributed by atoms with E-state index in [2.05, 4.69) is 278 Å². The van der Waals surface area contributed by atoms with Crippen LogP contribution in [0.4, 0.5) is 17.1 Å². The lowest BCUT2D eigenvalue weighted by molar-refractivity contribution is 0.660. The second-order valence-corrected chi connectivity index (χ2v) is 19.6. The zero-order valence-corrected chi connectivity index (χ0v) is 39.1. The SMILES string of the molecule is CC1(C)c2cc(N(c3ccc(-c4ccccc4)cc3)c3ccc4c(c3)C(c3ccccc3)(c3ccccc3)c3ccccc3-4)ccc2-c2ccc(-n3ccc4c5ccccc5c5ccccc5c43)cc21. The molecular weight excluding hydrogens is 845 g/mol. The van der Waals surface area contributed by atoms with Crippen molar-refractivity contribution in [1.29, 1.82) is 0 Å². The van der Waals surface area contributed by atoms with Gasteiger partial charge in [0.15, 0.2) is 0 Å². The Balaban J connectivity index is 0.936. The Labute approximate surface area is 409 Å². The van der Waals surface area contributed by atoms with E-state index >= 15 is 0 Å². The molecule has 0 bridgehead atoms. The largest absolute Gasteiger partial charge is 0.316 e. The molecule has 0 fully saturated rings. The third kappa shape index (κ3) is 5.80. The van der Waals surface area contributed by atoms with Crippen LogP contribution in [0.15, 0.2) is 255 Å². The molecule has 2 aliphatic rings. The van der Waals surface area contributed by atoms with Gasteiger partial charge in [-0.15, -0.1) is 0 Å². The molecule has 14 rings (SSSR count). The summed E-state index contributed by atoms with van der Waals surface area (Å²) < 4.78 is 2.41. The molecule has 70 heavy (non-hydrogen) atoms. The Hall–Kier alpha value is -8.72. The fourth-order valence-corrected chi connectivity index (χ4v) is 12.5. The van der Waals surface area contributed by atoms with E-state index in [4.69, 9.17) is 0 Å². The summed E-state index contributed by atoms with van der Waals surface area (Å²) in [6, 6.07) is 92.5. The molecule has 1 aromatic heterocycles. The van der Waals surface area contributed by atoms with Crippen LogP contribution in [0.5, 0.6) is 0 Å². The third-order valence-corrected chi connectivity index (χ3v) is 15.7. The monoisotopic (exact) mass is 892 g/mol. The number of fused-ring (bicyclic) bond motifs is 12. The Morgan fingerprint density at radius 3 is 1.41 bits per heavy atom. The molecule has 0 saturated heterocycles. The summed E-state index contributed by atoms with van der Waals surface area (Å²) >= 11 is 0. The molecule has 0 spiro atoms. The van der Waals surface area contributed by atoms with Gasteiger partial charge < -0.3 is 9.47 Å². The van der Waals surface area contributed by atoms with Crippen LogP contribution in [-0.4, -0.2) is 4.57 Å². The maximum Gasteiger partial charge on any atom is 0.0714 e. The molecule has 0 aliphatic heterocycles. The van der Waals surface area contributed by atoms with Crippen molar-refractivity contribution in [3.8, 4) is 39.1 Å². The van der Waals surface area contributed by atoms with Crippen LogP contribution in [0.2, 0.25) is 0 Å². The van der Waals surface area contributed by atoms with Crippen molar-refractivity contribution >= 4 is 49.5 Å². The normalized spacial score (nSPS) is 13.8. The second-order valence-electron chi connectivity index (χ2n) is 19.6. The summed E-state index contributed by atoms with van der Waals surface area (Å²) in [5, 5.41) is 6.41. The maximum atomic E-state index is 2.48. The van der Waals surface area contributed by atoms with Crippen molar-refractivity contribution in [2.45, 2.75) is 24.7 Å². The highest BCUT2D eigenvalue weighted by Gasteiger charge is 2.46. The van der Waals surface area contributed by atoms with Crippen LogP contribution in [-0.2, 0) is 10.8 Å². The van der Waals surface area contributed by atoms with Crippen LogP contribution >= 0.6 is 0 Å². The topological polar surface area (TPSA) is 8.17 Å². The lowest BCUT2D eigenvalue weighted by Crippen LogP contribution is -2.28. The van der Waals surface area contributed by atoms with Gasteiger partial charge in [-0.25, -0.2) is 0 Å². The first-order valence-electron chi connectivity index (χ1n) is 24.5. The highest BCUT2D eigenvalue weighted by Crippen LogP contribution is 2.58. The average Bonchev–Trinajstić information content (AvgIpc) is 4.07. The standard InChI is InChI=1S/C68H48N2/c1-67(2)63-42-50(69-41-40-61-55-26-13-12-24-53(55)54-25-14-15-28-60(54)66(61)69)34-37-57(63)58-38-35-51(43-64(58)67)70(49-32-30-46(31-33-49)45-18-6-3-7-19-45)52-36-39-59-56-27-16-17-29-62(56)68(65(59)44-52,47-20-8-4-9-21-47)48-22-10-5-11-23-48/h3-44H,1-2H3. The molecule has 0 saturated carbocycles. The third-order valence-electron chi connectivity index (χ3n) is 15.7. The number of hydrogen-bond acceptors (Lipinski definition) is 1.